The fourth-order valence-electron chi connectivity index (χ4n) is 1.63. The van der Waals surface area contributed by atoms with Crippen LogP contribution in [0.3, 0.4) is 0 Å². The zero-order valence-electron chi connectivity index (χ0n) is 8.69. The van der Waals surface area contributed by atoms with Crippen molar-refractivity contribution in [2.45, 2.75) is 6.04 Å². The maximum absolute atomic E-state index is 6.18. The van der Waals surface area contributed by atoms with E-state index in [2.05, 4.69) is 33.8 Å². The van der Waals surface area contributed by atoms with Crippen molar-refractivity contribution in [3.8, 4) is 0 Å². The fourth-order valence-corrected chi connectivity index (χ4v) is 2.48. The molecule has 1 heterocycles. The first kappa shape index (κ1) is 11.9. The average molecular weight is 348 g/mol. The van der Waals surface area contributed by atoms with Crippen LogP contribution in [0, 0.1) is 3.57 Å². The summed E-state index contributed by atoms with van der Waals surface area (Å²) in [5.41, 5.74) is 8.06. The Bertz CT molecular complexity index is 490. The van der Waals surface area contributed by atoms with Crippen molar-refractivity contribution in [1.29, 1.82) is 0 Å². The predicted molar refractivity (Wildman–Crippen MR) is 73.4 cm³/mol. The second-order valence-electron chi connectivity index (χ2n) is 3.53. The number of benzene rings is 1. The van der Waals surface area contributed by atoms with Crippen LogP contribution < -0.4 is 5.73 Å². The van der Waals surface area contributed by atoms with Gasteiger partial charge in [-0.05, 0) is 40.3 Å². The number of aryl methyl sites for hydroxylation is 1. The molecule has 2 N–H and O–H groups in total. The van der Waals surface area contributed by atoms with Gasteiger partial charge in [0.25, 0.3) is 0 Å². The highest BCUT2D eigenvalue weighted by Gasteiger charge is 2.16. The van der Waals surface area contributed by atoms with Crippen molar-refractivity contribution in [3.05, 3.63) is 50.3 Å². The first-order valence-electron chi connectivity index (χ1n) is 4.78. The molecule has 0 spiro atoms. The van der Waals surface area contributed by atoms with Gasteiger partial charge in [0.1, 0.15) is 0 Å². The Morgan fingerprint density at radius 1 is 1.50 bits per heavy atom. The van der Waals surface area contributed by atoms with Crippen LogP contribution in [0.1, 0.15) is 17.3 Å². The Labute approximate surface area is 113 Å². The van der Waals surface area contributed by atoms with Crippen LogP contribution in [-0.4, -0.2) is 9.78 Å². The van der Waals surface area contributed by atoms with Crippen molar-refractivity contribution < 1.29 is 0 Å². The highest BCUT2D eigenvalue weighted by atomic mass is 127. The van der Waals surface area contributed by atoms with Crippen LogP contribution in [0.2, 0.25) is 5.02 Å². The molecule has 84 valence electrons. The molecule has 16 heavy (non-hydrogen) atoms. The van der Waals surface area contributed by atoms with Crippen molar-refractivity contribution in [2.24, 2.45) is 12.8 Å². The summed E-state index contributed by atoms with van der Waals surface area (Å²) >= 11 is 8.33. The second-order valence-corrected chi connectivity index (χ2v) is 5.19. The molecule has 0 aliphatic rings. The smallest absolute Gasteiger partial charge is 0.0837 e. The van der Waals surface area contributed by atoms with E-state index in [-0.39, 0.29) is 6.04 Å². The van der Waals surface area contributed by atoms with Gasteiger partial charge in [-0.1, -0.05) is 23.7 Å². The van der Waals surface area contributed by atoms with Crippen LogP contribution in [0.15, 0.2) is 30.5 Å². The lowest BCUT2D eigenvalue weighted by Gasteiger charge is -2.13. The zero-order chi connectivity index (χ0) is 11.7. The van der Waals surface area contributed by atoms with E-state index in [1.807, 2.05) is 25.2 Å². The van der Waals surface area contributed by atoms with E-state index in [1.54, 1.807) is 10.9 Å². The van der Waals surface area contributed by atoms with E-state index in [4.69, 9.17) is 17.3 Å². The van der Waals surface area contributed by atoms with Gasteiger partial charge >= 0.3 is 0 Å². The largest absolute Gasteiger partial charge is 0.319 e. The number of rotatable bonds is 2. The highest BCUT2D eigenvalue weighted by Crippen LogP contribution is 2.26. The Morgan fingerprint density at radius 2 is 2.25 bits per heavy atom. The molecule has 0 saturated heterocycles. The first-order chi connectivity index (χ1) is 7.59. The molecule has 1 aromatic carbocycles. The summed E-state index contributed by atoms with van der Waals surface area (Å²) < 4.78 is 2.87. The molecule has 2 rings (SSSR count). The third-order valence-corrected chi connectivity index (χ3v) is 3.40. The average Bonchev–Trinajstić information content (AvgIpc) is 2.58. The minimum Gasteiger partial charge on any atom is -0.319 e. The highest BCUT2D eigenvalue weighted by molar-refractivity contribution is 14.1. The van der Waals surface area contributed by atoms with Gasteiger partial charge in [-0.25, -0.2) is 0 Å². The van der Waals surface area contributed by atoms with Crippen molar-refractivity contribution in [3.63, 3.8) is 0 Å². The van der Waals surface area contributed by atoms with Crippen LogP contribution >= 0.6 is 34.2 Å². The molecule has 1 aromatic heterocycles. The molecule has 0 bridgehead atoms. The Balaban J connectivity index is 2.43. The number of halogens is 2. The zero-order valence-corrected chi connectivity index (χ0v) is 11.6. The summed E-state index contributed by atoms with van der Waals surface area (Å²) in [5.74, 6) is 0. The number of hydrogen-bond acceptors (Lipinski definition) is 2. The molecule has 1 atom stereocenters. The van der Waals surface area contributed by atoms with Gasteiger partial charge < -0.3 is 5.73 Å². The quantitative estimate of drug-likeness (QED) is 0.849. The van der Waals surface area contributed by atoms with Gasteiger partial charge in [0.05, 0.1) is 23.0 Å². The maximum atomic E-state index is 6.18. The lowest BCUT2D eigenvalue weighted by Crippen LogP contribution is -2.16. The molecule has 5 heteroatoms. The van der Waals surface area contributed by atoms with Crippen molar-refractivity contribution >= 4 is 34.2 Å². The molecule has 3 nitrogen and oxygen atoms in total. The summed E-state index contributed by atoms with van der Waals surface area (Å²) in [7, 11) is 1.84. The first-order valence-corrected chi connectivity index (χ1v) is 6.23. The molecule has 0 aliphatic carbocycles. The lowest BCUT2D eigenvalue weighted by molar-refractivity contribution is 0.673. The van der Waals surface area contributed by atoms with Gasteiger partial charge in [-0.2, -0.15) is 5.10 Å². The normalized spacial score (nSPS) is 12.8. The second kappa shape index (κ2) is 4.73. The minimum atomic E-state index is -0.241. The van der Waals surface area contributed by atoms with E-state index in [0.717, 1.165) is 14.8 Å². The summed E-state index contributed by atoms with van der Waals surface area (Å²) in [6, 6.07) is 7.82. The standard InChI is InChI=1S/C11H11ClIN3/c1-16-11(9(12)6-15-16)10(14)7-3-2-4-8(13)5-7/h2-6,10H,14H2,1H3. The van der Waals surface area contributed by atoms with Gasteiger partial charge in [0.15, 0.2) is 0 Å². The number of nitrogens with two attached hydrogens (primary N) is 1. The van der Waals surface area contributed by atoms with Crippen molar-refractivity contribution in [1.82, 2.24) is 9.78 Å². The molecule has 1 unspecified atom stereocenters. The van der Waals surface area contributed by atoms with E-state index in [0.29, 0.717) is 5.02 Å². The van der Waals surface area contributed by atoms with Crippen LogP contribution in [0.25, 0.3) is 0 Å². The van der Waals surface area contributed by atoms with Crippen molar-refractivity contribution in [2.75, 3.05) is 0 Å². The molecule has 0 saturated carbocycles. The fraction of sp³-hybridized carbons (Fsp3) is 0.182. The van der Waals surface area contributed by atoms with Crippen LogP contribution in [0.5, 0.6) is 0 Å². The van der Waals surface area contributed by atoms with E-state index in [1.165, 1.54) is 0 Å². The Morgan fingerprint density at radius 3 is 2.81 bits per heavy atom. The summed E-state index contributed by atoms with van der Waals surface area (Å²) in [5, 5.41) is 4.69. The molecule has 0 fully saturated rings. The van der Waals surface area contributed by atoms with Gasteiger partial charge in [-0.3, -0.25) is 4.68 Å². The SMILES string of the molecule is Cn1ncc(Cl)c1C(N)c1cccc(I)c1. The van der Waals surface area contributed by atoms with E-state index >= 15 is 0 Å². The number of aromatic nitrogens is 2. The molecule has 0 amide bonds. The molecule has 0 aliphatic heterocycles. The van der Waals surface area contributed by atoms with Gasteiger partial charge in [0, 0.05) is 10.6 Å². The summed E-state index contributed by atoms with van der Waals surface area (Å²) in [6.45, 7) is 0. The van der Waals surface area contributed by atoms with E-state index in [9.17, 15) is 0 Å². The predicted octanol–water partition coefficient (Wildman–Crippen LogP) is 2.73. The molecular weight excluding hydrogens is 336 g/mol. The van der Waals surface area contributed by atoms with Gasteiger partial charge in [-0.15, -0.1) is 0 Å². The monoisotopic (exact) mass is 347 g/mol. The topological polar surface area (TPSA) is 43.8 Å². The van der Waals surface area contributed by atoms with Crippen LogP contribution in [0.4, 0.5) is 0 Å². The summed E-state index contributed by atoms with van der Waals surface area (Å²) in [6.07, 6.45) is 1.62. The molecule has 2 aromatic rings. The maximum Gasteiger partial charge on any atom is 0.0837 e. The van der Waals surface area contributed by atoms with Crippen LogP contribution in [-0.2, 0) is 7.05 Å². The summed E-state index contributed by atoms with van der Waals surface area (Å²) in [4.78, 5) is 0. The third kappa shape index (κ3) is 2.23. The number of hydrogen-bond donors (Lipinski definition) is 1. The minimum absolute atomic E-state index is 0.241. The Kier molecular flexibility index (Phi) is 3.51. The third-order valence-electron chi connectivity index (χ3n) is 2.44. The van der Waals surface area contributed by atoms with Gasteiger partial charge in [0.2, 0.25) is 0 Å². The lowest BCUT2D eigenvalue weighted by atomic mass is 10.1. The Hall–Kier alpha value is -0.590. The molecular formula is C11H11ClIN3. The van der Waals surface area contributed by atoms with E-state index < -0.39 is 0 Å². The number of nitrogens with zero attached hydrogens (tertiary/aromatic N) is 2. The molecule has 0 radical (unpaired) electrons.